The van der Waals surface area contributed by atoms with E-state index in [-0.39, 0.29) is 11.6 Å². The molecule has 0 radical (unpaired) electrons. The molecule has 0 saturated carbocycles. The van der Waals surface area contributed by atoms with E-state index in [2.05, 4.69) is 5.32 Å². The Balaban J connectivity index is 1.78. The molecule has 2 fully saturated rings. The van der Waals surface area contributed by atoms with Gasteiger partial charge in [-0.1, -0.05) is 23.2 Å². The van der Waals surface area contributed by atoms with E-state index in [0.29, 0.717) is 5.92 Å². The molecule has 0 bridgehead atoms. The highest BCUT2D eigenvalue weighted by Gasteiger charge is 2.41. The van der Waals surface area contributed by atoms with Gasteiger partial charge >= 0.3 is 0 Å². The van der Waals surface area contributed by atoms with Gasteiger partial charge in [0.2, 0.25) is 0 Å². The van der Waals surface area contributed by atoms with Crippen molar-refractivity contribution in [3.05, 3.63) is 20.3 Å². The summed E-state index contributed by atoms with van der Waals surface area (Å²) in [6.45, 7) is 0.864. The smallest absolute Gasteiger partial charge is 0.0992 e. The van der Waals surface area contributed by atoms with Gasteiger partial charge in [-0.2, -0.15) is 11.8 Å². The molecule has 118 valence electrons. The lowest BCUT2D eigenvalue weighted by Crippen LogP contribution is -2.45. The van der Waals surface area contributed by atoms with Crippen molar-refractivity contribution in [3.8, 4) is 0 Å². The van der Waals surface area contributed by atoms with Crippen molar-refractivity contribution in [1.29, 1.82) is 0 Å². The highest BCUT2D eigenvalue weighted by atomic mass is 35.5. The third-order valence-corrected chi connectivity index (χ3v) is 7.24. The Morgan fingerprint density at radius 3 is 2.76 bits per heavy atom. The van der Waals surface area contributed by atoms with Crippen LogP contribution < -0.4 is 5.32 Å². The average Bonchev–Trinajstić information content (AvgIpc) is 2.80. The number of halogens is 2. The van der Waals surface area contributed by atoms with Gasteiger partial charge in [0.05, 0.1) is 14.3 Å². The fourth-order valence-electron chi connectivity index (χ4n) is 3.65. The zero-order valence-corrected chi connectivity index (χ0v) is 15.3. The summed E-state index contributed by atoms with van der Waals surface area (Å²) in [4.78, 5) is 0. The standard InChI is InChI=1S/C15H21Cl2NOS2/c1-18-13(11-8-12(16)21-14(11)17)10-2-5-19-15(9-10)3-6-20-7-4-15/h8,10,13,18H,2-7,9H2,1H3. The zero-order chi connectivity index (χ0) is 14.9. The Morgan fingerprint density at radius 2 is 2.14 bits per heavy atom. The summed E-state index contributed by atoms with van der Waals surface area (Å²) in [5.74, 6) is 3.01. The number of thioether (sulfide) groups is 1. The van der Waals surface area contributed by atoms with E-state index in [4.69, 9.17) is 27.9 Å². The van der Waals surface area contributed by atoms with Crippen molar-refractivity contribution in [3.63, 3.8) is 0 Å². The highest BCUT2D eigenvalue weighted by Crippen LogP contribution is 2.46. The summed E-state index contributed by atoms with van der Waals surface area (Å²) in [7, 11) is 2.02. The summed E-state index contributed by atoms with van der Waals surface area (Å²) in [5, 5.41) is 3.47. The number of ether oxygens (including phenoxy) is 1. The molecule has 2 unspecified atom stereocenters. The minimum atomic E-state index is 0.107. The van der Waals surface area contributed by atoms with E-state index >= 15 is 0 Å². The number of hydrogen-bond donors (Lipinski definition) is 1. The summed E-state index contributed by atoms with van der Waals surface area (Å²) < 4.78 is 7.79. The van der Waals surface area contributed by atoms with Crippen LogP contribution in [0.25, 0.3) is 0 Å². The second-order valence-corrected chi connectivity index (χ2v) is 9.45. The molecule has 1 N–H and O–H groups in total. The van der Waals surface area contributed by atoms with Crippen LogP contribution in [0, 0.1) is 5.92 Å². The topological polar surface area (TPSA) is 21.3 Å². The van der Waals surface area contributed by atoms with Gasteiger partial charge in [0, 0.05) is 18.2 Å². The van der Waals surface area contributed by atoms with Gasteiger partial charge in [0.1, 0.15) is 0 Å². The first-order chi connectivity index (χ1) is 10.1. The molecule has 21 heavy (non-hydrogen) atoms. The van der Waals surface area contributed by atoms with E-state index in [1.165, 1.54) is 35.7 Å². The predicted molar refractivity (Wildman–Crippen MR) is 94.1 cm³/mol. The van der Waals surface area contributed by atoms with Gasteiger partial charge in [-0.05, 0) is 56.2 Å². The first-order valence-corrected chi connectivity index (χ1v) is 10.2. The van der Waals surface area contributed by atoms with Crippen molar-refractivity contribution in [2.75, 3.05) is 25.2 Å². The Hall–Kier alpha value is 0.550. The molecular formula is C15H21Cl2NOS2. The van der Waals surface area contributed by atoms with E-state index in [9.17, 15) is 0 Å². The number of rotatable bonds is 3. The summed E-state index contributed by atoms with van der Waals surface area (Å²) in [6, 6.07) is 2.30. The minimum absolute atomic E-state index is 0.107. The molecule has 2 aliphatic rings. The molecule has 3 heterocycles. The number of hydrogen-bond acceptors (Lipinski definition) is 4. The zero-order valence-electron chi connectivity index (χ0n) is 12.2. The summed E-state index contributed by atoms with van der Waals surface area (Å²) in [5.41, 5.74) is 1.26. The fourth-order valence-corrected chi connectivity index (χ4v) is 6.44. The van der Waals surface area contributed by atoms with Crippen LogP contribution in [0.5, 0.6) is 0 Å². The van der Waals surface area contributed by atoms with Crippen molar-refractivity contribution < 1.29 is 4.74 Å². The highest BCUT2D eigenvalue weighted by molar-refractivity contribution is 7.99. The van der Waals surface area contributed by atoms with Crippen LogP contribution in [0.15, 0.2) is 6.07 Å². The van der Waals surface area contributed by atoms with Crippen molar-refractivity contribution in [1.82, 2.24) is 5.32 Å². The number of nitrogens with one attached hydrogen (secondary N) is 1. The third kappa shape index (κ3) is 3.56. The van der Waals surface area contributed by atoms with Gasteiger partial charge < -0.3 is 10.1 Å². The lowest BCUT2D eigenvalue weighted by molar-refractivity contribution is -0.107. The molecule has 1 aromatic rings. The SMILES string of the molecule is CNC(c1cc(Cl)sc1Cl)C1CCOC2(CCSCC2)C1. The van der Waals surface area contributed by atoms with Crippen molar-refractivity contribution >= 4 is 46.3 Å². The molecule has 1 aromatic heterocycles. The molecule has 2 atom stereocenters. The number of thiophene rings is 1. The van der Waals surface area contributed by atoms with Crippen molar-refractivity contribution in [2.45, 2.75) is 37.3 Å². The van der Waals surface area contributed by atoms with Crippen LogP contribution in [-0.2, 0) is 4.74 Å². The third-order valence-electron chi connectivity index (χ3n) is 4.74. The molecule has 2 nitrogen and oxygen atoms in total. The molecule has 0 aliphatic carbocycles. The van der Waals surface area contributed by atoms with Crippen LogP contribution in [-0.4, -0.2) is 30.8 Å². The van der Waals surface area contributed by atoms with E-state index < -0.39 is 0 Å². The molecule has 3 rings (SSSR count). The molecule has 2 saturated heterocycles. The van der Waals surface area contributed by atoms with Gasteiger partial charge in [0.25, 0.3) is 0 Å². The predicted octanol–water partition coefficient (Wildman–Crippen LogP) is 5.01. The maximum atomic E-state index is 6.37. The summed E-state index contributed by atoms with van der Waals surface area (Å²) >= 11 is 16.0. The Morgan fingerprint density at radius 1 is 1.38 bits per heavy atom. The van der Waals surface area contributed by atoms with Crippen LogP contribution in [0.3, 0.4) is 0 Å². The van der Waals surface area contributed by atoms with Gasteiger partial charge in [-0.3, -0.25) is 0 Å². The summed E-state index contributed by atoms with van der Waals surface area (Å²) in [6.07, 6.45) is 4.58. The Bertz CT molecular complexity index is 483. The Kier molecular flexibility index (Phi) is 5.45. The van der Waals surface area contributed by atoms with Crippen LogP contribution in [0.2, 0.25) is 8.67 Å². The normalized spacial score (nSPS) is 26.9. The second-order valence-electron chi connectivity index (χ2n) is 5.94. The first kappa shape index (κ1) is 16.4. The van der Waals surface area contributed by atoms with Crippen LogP contribution in [0.1, 0.15) is 37.3 Å². The molecule has 1 spiro atoms. The first-order valence-electron chi connectivity index (χ1n) is 7.47. The monoisotopic (exact) mass is 365 g/mol. The van der Waals surface area contributed by atoms with Gasteiger partial charge in [-0.25, -0.2) is 0 Å². The molecule has 0 aromatic carbocycles. The largest absolute Gasteiger partial charge is 0.375 e. The van der Waals surface area contributed by atoms with Crippen molar-refractivity contribution in [2.24, 2.45) is 5.92 Å². The lowest BCUT2D eigenvalue weighted by Gasteiger charge is -2.45. The molecule has 2 aliphatic heterocycles. The Labute approximate surface area is 144 Å². The van der Waals surface area contributed by atoms with E-state index in [0.717, 1.165) is 33.7 Å². The van der Waals surface area contributed by atoms with Gasteiger partial charge in [0.15, 0.2) is 0 Å². The van der Waals surface area contributed by atoms with Crippen LogP contribution in [0.4, 0.5) is 0 Å². The van der Waals surface area contributed by atoms with Gasteiger partial charge in [-0.15, -0.1) is 11.3 Å². The fraction of sp³-hybridized carbons (Fsp3) is 0.733. The van der Waals surface area contributed by atoms with E-state index in [1.54, 1.807) is 0 Å². The average molecular weight is 366 g/mol. The maximum Gasteiger partial charge on any atom is 0.0992 e. The minimum Gasteiger partial charge on any atom is -0.375 e. The molecule has 6 heteroatoms. The van der Waals surface area contributed by atoms with E-state index in [1.807, 2.05) is 24.9 Å². The molecule has 0 amide bonds. The van der Waals surface area contributed by atoms with Crippen LogP contribution >= 0.6 is 46.3 Å². The second kappa shape index (κ2) is 6.98. The quantitative estimate of drug-likeness (QED) is 0.813. The lowest BCUT2D eigenvalue weighted by atomic mass is 9.77. The molecular weight excluding hydrogens is 345 g/mol. The maximum absolute atomic E-state index is 6.37.